The summed E-state index contributed by atoms with van der Waals surface area (Å²) in [6.07, 6.45) is -5.65. The summed E-state index contributed by atoms with van der Waals surface area (Å²) in [5, 5.41) is 5.98. The fourth-order valence-corrected chi connectivity index (χ4v) is 5.41. The van der Waals surface area contributed by atoms with Crippen molar-refractivity contribution in [3.63, 3.8) is 0 Å². The maximum atomic E-state index is 13.1. The van der Waals surface area contributed by atoms with E-state index in [9.17, 15) is 31.2 Å². The molecule has 4 rings (SSSR count). The van der Waals surface area contributed by atoms with Crippen LogP contribution in [0.3, 0.4) is 0 Å². The minimum absolute atomic E-state index is 0.0398. The molecule has 2 amide bonds. The summed E-state index contributed by atoms with van der Waals surface area (Å²) < 4.78 is 72.7. The molecule has 222 valence electrons. The predicted molar refractivity (Wildman–Crippen MR) is 152 cm³/mol. The molecule has 1 aliphatic heterocycles. The molecule has 0 atom stereocenters. The molecule has 1 aliphatic rings. The normalized spacial score (nSPS) is 13.4. The summed E-state index contributed by atoms with van der Waals surface area (Å²) in [7, 11) is -1.60. The number of hydrogen-bond donors (Lipinski definition) is 1. The second-order valence-electron chi connectivity index (χ2n) is 9.48. The third-order valence-corrected chi connectivity index (χ3v) is 7.47. The first kappa shape index (κ1) is 30.4. The Labute approximate surface area is 241 Å². The van der Waals surface area contributed by atoms with E-state index in [1.807, 2.05) is 30.3 Å². The average Bonchev–Trinajstić information content (AvgIpc) is 3.41. The maximum Gasteiger partial charge on any atom is 0.471 e. The van der Waals surface area contributed by atoms with Crippen LogP contribution in [0.15, 0.2) is 84.0 Å². The first-order valence-corrected chi connectivity index (χ1v) is 14.3. The number of benzene rings is 3. The lowest BCUT2D eigenvalue weighted by atomic mass is 10.1. The highest BCUT2D eigenvalue weighted by Gasteiger charge is 2.41. The first-order valence-electron chi connectivity index (χ1n) is 12.7. The van der Waals surface area contributed by atoms with Crippen LogP contribution in [0.1, 0.15) is 17.5 Å². The largest absolute Gasteiger partial charge is 0.471 e. The van der Waals surface area contributed by atoms with Gasteiger partial charge in [0.25, 0.3) is 0 Å². The average molecular weight is 604 g/mol. The molecule has 0 saturated heterocycles. The number of alkyl halides is 3. The molecule has 0 radical (unpaired) electrons. The van der Waals surface area contributed by atoms with Crippen LogP contribution >= 0.6 is 0 Å². The van der Waals surface area contributed by atoms with Crippen molar-refractivity contribution in [1.82, 2.24) is 4.90 Å². The van der Waals surface area contributed by atoms with Gasteiger partial charge in [-0.15, -0.1) is 5.10 Å². The molecule has 1 N–H and O–H groups in total. The molecule has 14 heteroatoms. The molecular weight excluding hydrogens is 575 g/mol. The van der Waals surface area contributed by atoms with Gasteiger partial charge in [0.05, 0.1) is 23.7 Å². The first-order chi connectivity index (χ1) is 19.8. The van der Waals surface area contributed by atoms with E-state index in [2.05, 4.69) is 9.82 Å². The zero-order chi connectivity index (χ0) is 30.5. The predicted octanol–water partition coefficient (Wildman–Crippen LogP) is 4.95. The summed E-state index contributed by atoms with van der Waals surface area (Å²) in [6.45, 7) is -0.105. The molecule has 0 saturated carbocycles. The Balaban J connectivity index is 1.56. The molecular formula is C28H28F3N5O5S. The van der Waals surface area contributed by atoms with Gasteiger partial charge in [-0.3, -0.25) is 19.4 Å². The number of carbonyl (C=O) groups is 2. The molecule has 0 spiro atoms. The van der Waals surface area contributed by atoms with Gasteiger partial charge >= 0.3 is 18.2 Å². The van der Waals surface area contributed by atoms with Crippen LogP contribution in [0.4, 0.5) is 35.0 Å². The van der Waals surface area contributed by atoms with Crippen molar-refractivity contribution in [2.24, 2.45) is 5.10 Å². The molecule has 1 heterocycles. The number of anilines is 3. The van der Waals surface area contributed by atoms with E-state index in [1.165, 1.54) is 25.2 Å². The van der Waals surface area contributed by atoms with Gasteiger partial charge in [-0.1, -0.05) is 48.5 Å². The van der Waals surface area contributed by atoms with Crippen molar-refractivity contribution in [2.45, 2.75) is 24.9 Å². The monoisotopic (exact) mass is 603 g/mol. The van der Waals surface area contributed by atoms with Gasteiger partial charge in [-0.25, -0.2) is 13.2 Å². The van der Waals surface area contributed by atoms with Crippen molar-refractivity contribution >= 4 is 45.0 Å². The standard InChI is InChI=1S/C28H28F3N5O5S/c1-34(26(37)28(29,30)31)18-21-17-22(33-42(39,40)19-20-9-5-3-6-10-20)13-14-24(21)35(2)27(38)41-25-15-16-36(32-25)23-11-7-4-8-12-23/h3-14,17,33H,15-16,18-19H2,1-2H3. The van der Waals surface area contributed by atoms with Crippen molar-refractivity contribution in [3.05, 3.63) is 90.0 Å². The second kappa shape index (κ2) is 12.5. The molecule has 0 aliphatic carbocycles. The van der Waals surface area contributed by atoms with Gasteiger partial charge in [0.1, 0.15) is 0 Å². The molecule has 0 aromatic heterocycles. The van der Waals surface area contributed by atoms with Crippen molar-refractivity contribution in [3.8, 4) is 0 Å². The number of carbonyl (C=O) groups excluding carboxylic acids is 2. The van der Waals surface area contributed by atoms with Crippen LogP contribution in [-0.4, -0.2) is 58.0 Å². The van der Waals surface area contributed by atoms with Gasteiger partial charge in [0, 0.05) is 32.7 Å². The Hall–Kier alpha value is -4.59. The lowest BCUT2D eigenvalue weighted by Gasteiger charge is -2.24. The summed E-state index contributed by atoms with van der Waals surface area (Å²) in [5.41, 5.74) is 1.54. The quantitative estimate of drug-likeness (QED) is 0.390. The molecule has 10 nitrogen and oxygen atoms in total. The van der Waals surface area contributed by atoms with Crippen LogP contribution in [0.5, 0.6) is 0 Å². The smallest absolute Gasteiger partial charge is 0.393 e. The summed E-state index contributed by atoms with van der Waals surface area (Å²) >= 11 is 0. The van der Waals surface area contributed by atoms with E-state index in [1.54, 1.807) is 35.3 Å². The summed E-state index contributed by atoms with van der Waals surface area (Å²) in [6, 6.07) is 21.6. The Morgan fingerprint density at radius 3 is 2.29 bits per heavy atom. The van der Waals surface area contributed by atoms with Gasteiger partial charge in [0.15, 0.2) is 0 Å². The molecule has 0 fully saturated rings. The van der Waals surface area contributed by atoms with E-state index in [4.69, 9.17) is 4.74 Å². The van der Waals surface area contributed by atoms with E-state index < -0.39 is 34.7 Å². The van der Waals surface area contributed by atoms with Crippen molar-refractivity contribution in [2.75, 3.05) is 35.3 Å². The minimum atomic E-state index is -5.13. The summed E-state index contributed by atoms with van der Waals surface area (Å²) in [5.74, 6) is -2.30. The van der Waals surface area contributed by atoms with Crippen LogP contribution in [0, 0.1) is 0 Å². The number of hydrazone groups is 1. The van der Waals surface area contributed by atoms with Gasteiger partial charge in [0.2, 0.25) is 15.9 Å². The molecule has 42 heavy (non-hydrogen) atoms. The second-order valence-corrected chi connectivity index (χ2v) is 11.2. The van der Waals surface area contributed by atoms with Gasteiger partial charge in [-0.2, -0.15) is 13.2 Å². The van der Waals surface area contributed by atoms with Crippen LogP contribution in [-0.2, 0) is 31.9 Å². The topological polar surface area (TPSA) is 112 Å². The van der Waals surface area contributed by atoms with Crippen LogP contribution in [0.25, 0.3) is 0 Å². The van der Waals surface area contributed by atoms with Crippen molar-refractivity contribution < 1.29 is 35.9 Å². The van der Waals surface area contributed by atoms with E-state index in [0.717, 1.165) is 17.6 Å². The number of para-hydroxylation sites is 1. The summed E-state index contributed by atoms with van der Waals surface area (Å²) in [4.78, 5) is 26.3. The van der Waals surface area contributed by atoms with Crippen LogP contribution < -0.4 is 14.6 Å². The highest BCUT2D eigenvalue weighted by Crippen LogP contribution is 2.28. The van der Waals surface area contributed by atoms with Gasteiger partial charge in [-0.05, 0) is 41.5 Å². The Kier molecular flexibility index (Phi) is 9.05. The highest BCUT2D eigenvalue weighted by atomic mass is 32.2. The van der Waals surface area contributed by atoms with Crippen LogP contribution in [0.2, 0.25) is 0 Å². The maximum absolute atomic E-state index is 13.1. The zero-order valence-electron chi connectivity index (χ0n) is 22.7. The number of ether oxygens (including phenoxy) is 1. The number of sulfonamides is 1. The molecule has 3 aromatic rings. The molecule has 0 bridgehead atoms. The van der Waals surface area contributed by atoms with Gasteiger partial charge < -0.3 is 9.64 Å². The third kappa shape index (κ3) is 7.78. The lowest BCUT2D eigenvalue weighted by Crippen LogP contribution is -2.38. The Bertz CT molecular complexity index is 1570. The molecule has 3 aromatic carbocycles. The Morgan fingerprint density at radius 1 is 1.00 bits per heavy atom. The number of rotatable bonds is 8. The van der Waals surface area contributed by atoms with E-state index in [0.29, 0.717) is 23.4 Å². The fourth-order valence-electron chi connectivity index (χ4n) is 4.22. The number of amides is 2. The van der Waals surface area contributed by atoms with E-state index >= 15 is 0 Å². The number of hydrogen-bond acceptors (Lipinski definition) is 7. The zero-order valence-corrected chi connectivity index (χ0v) is 23.5. The lowest BCUT2D eigenvalue weighted by molar-refractivity contribution is -0.184. The number of halogens is 3. The Morgan fingerprint density at radius 2 is 1.64 bits per heavy atom. The highest BCUT2D eigenvalue weighted by molar-refractivity contribution is 7.91. The third-order valence-electron chi connectivity index (χ3n) is 6.21. The van der Waals surface area contributed by atoms with Crippen molar-refractivity contribution in [1.29, 1.82) is 0 Å². The van der Waals surface area contributed by atoms with E-state index in [-0.39, 0.29) is 28.6 Å². The minimum Gasteiger partial charge on any atom is -0.393 e. The number of nitrogens with zero attached hydrogens (tertiary/aromatic N) is 4. The number of nitrogens with one attached hydrogen (secondary N) is 1. The SMILES string of the molecule is CN(Cc1cc(NS(=O)(=O)Cc2ccccc2)ccc1N(C)C(=O)OC1=NN(c2ccccc2)CC1)C(=O)C(F)(F)F. The fraction of sp³-hybridized carbons (Fsp3) is 0.250. The molecule has 0 unspecified atom stereocenters.